The summed E-state index contributed by atoms with van der Waals surface area (Å²) in [6.45, 7) is 13.4. The van der Waals surface area contributed by atoms with E-state index in [0.717, 1.165) is 17.0 Å². The number of halogens is 1. The molecule has 4 aliphatic carbocycles. The van der Waals surface area contributed by atoms with Crippen LogP contribution in [0.15, 0.2) is 30.0 Å². The van der Waals surface area contributed by atoms with Crippen LogP contribution in [-0.2, 0) is 15.1 Å². The third kappa shape index (κ3) is 3.55. The van der Waals surface area contributed by atoms with Crippen LogP contribution in [0.25, 0.3) is 0 Å². The molecule has 1 heterocycles. The molecule has 1 N–H and O–H groups in total. The fourth-order valence-electron chi connectivity index (χ4n) is 7.16. The van der Waals surface area contributed by atoms with Gasteiger partial charge in [-0.1, -0.05) is 58.4 Å². The molecule has 0 unspecified atom stereocenters. The first-order valence-corrected chi connectivity index (χ1v) is 13.4. The molecule has 35 heavy (non-hydrogen) atoms. The summed E-state index contributed by atoms with van der Waals surface area (Å²) < 4.78 is 5.00. The van der Waals surface area contributed by atoms with Gasteiger partial charge >= 0.3 is 12.0 Å². The molecule has 5 aliphatic rings. The summed E-state index contributed by atoms with van der Waals surface area (Å²) in [5, 5.41) is 4.14. The summed E-state index contributed by atoms with van der Waals surface area (Å²) in [6.07, 6.45) is 6.25. The van der Waals surface area contributed by atoms with E-state index in [2.05, 4.69) is 71.3 Å². The van der Waals surface area contributed by atoms with Crippen LogP contribution < -0.4 is 5.32 Å². The maximum Gasteiger partial charge on any atom is 0.322 e. The Kier molecular flexibility index (Phi) is 5.46. The Morgan fingerprint density at radius 2 is 1.94 bits per heavy atom. The SMILES string of the molecule is CC[C@H](C)C1=CN(C23CC(C(=O)OC)(C2)C3)C(=O)N[C@@]1(C)c1ccc([C@@H]2C[C@H]2C(C)(C)C)c(Cl)c1. The molecule has 6 heteroatoms. The molecule has 0 saturated heterocycles. The van der Waals surface area contributed by atoms with E-state index in [1.54, 1.807) is 0 Å². The van der Waals surface area contributed by atoms with Gasteiger partial charge in [-0.2, -0.15) is 0 Å². The van der Waals surface area contributed by atoms with Crippen molar-refractivity contribution in [2.75, 3.05) is 7.11 Å². The number of carbonyl (C=O) groups excluding carboxylic acids is 2. The lowest BCUT2D eigenvalue weighted by Gasteiger charge is -2.71. The first kappa shape index (κ1) is 24.7. The van der Waals surface area contributed by atoms with Crippen molar-refractivity contribution >= 4 is 23.6 Å². The highest BCUT2D eigenvalue weighted by molar-refractivity contribution is 6.31. The monoisotopic (exact) mass is 498 g/mol. The molecule has 6 rings (SSSR count). The third-order valence-corrected chi connectivity index (χ3v) is 9.90. The highest BCUT2D eigenvalue weighted by Crippen LogP contribution is 2.71. The van der Waals surface area contributed by atoms with E-state index in [9.17, 15) is 9.59 Å². The van der Waals surface area contributed by atoms with Gasteiger partial charge in [0.25, 0.3) is 0 Å². The summed E-state index contributed by atoms with van der Waals surface area (Å²) in [7, 11) is 1.44. The topological polar surface area (TPSA) is 58.6 Å². The lowest BCUT2D eigenvalue weighted by Crippen LogP contribution is -2.78. The number of urea groups is 1. The first-order chi connectivity index (χ1) is 16.3. The Hall–Kier alpha value is -2.01. The van der Waals surface area contributed by atoms with Gasteiger partial charge in [-0.3, -0.25) is 9.69 Å². The van der Waals surface area contributed by atoms with E-state index in [4.69, 9.17) is 16.3 Å². The molecule has 2 bridgehead atoms. The van der Waals surface area contributed by atoms with Gasteiger partial charge in [-0.05, 0) is 85.0 Å². The molecule has 4 saturated carbocycles. The zero-order valence-electron chi connectivity index (χ0n) is 22.1. The second-order valence-electron chi connectivity index (χ2n) is 12.9. The fourth-order valence-corrected chi connectivity index (χ4v) is 7.48. The molecule has 0 spiro atoms. The summed E-state index contributed by atoms with van der Waals surface area (Å²) in [5.41, 5.74) is 2.40. The smallest absolute Gasteiger partial charge is 0.322 e. The standard InChI is InChI=1S/C29H39ClN2O3/c1-8-17(2)22-13-32(29-14-28(15-29,16-29)24(33)35-7)25(34)31-27(22,6)18-9-10-19(23(30)11-18)20-12-21(20)26(3,4)5/h9-11,13,17,20-21H,8,12,14-16H2,1-7H3,(H,31,34)/t17-,20-,21+,27-,28?,29?/m0/s1. The van der Waals surface area contributed by atoms with Gasteiger partial charge in [0.05, 0.1) is 23.6 Å². The van der Waals surface area contributed by atoms with E-state index in [-0.39, 0.29) is 28.9 Å². The van der Waals surface area contributed by atoms with Gasteiger partial charge in [0.1, 0.15) is 0 Å². The molecule has 5 nitrogen and oxygen atoms in total. The van der Waals surface area contributed by atoms with Crippen LogP contribution in [0.3, 0.4) is 0 Å². The highest BCUT2D eigenvalue weighted by Gasteiger charge is 2.75. The molecule has 0 radical (unpaired) electrons. The van der Waals surface area contributed by atoms with E-state index in [1.165, 1.54) is 24.7 Å². The average Bonchev–Trinajstić information content (AvgIpc) is 3.53. The van der Waals surface area contributed by atoms with Crippen molar-refractivity contribution in [2.45, 2.75) is 90.6 Å². The quantitative estimate of drug-likeness (QED) is 0.441. The second kappa shape index (κ2) is 7.74. The number of rotatable bonds is 6. The number of ether oxygens (including phenoxy) is 1. The van der Waals surface area contributed by atoms with Crippen LogP contribution in [0, 0.1) is 22.7 Å². The average molecular weight is 499 g/mol. The Morgan fingerprint density at radius 3 is 2.46 bits per heavy atom. The number of amides is 2. The predicted molar refractivity (Wildman–Crippen MR) is 138 cm³/mol. The molecular formula is C29H39ClN2O3. The van der Waals surface area contributed by atoms with Crippen LogP contribution in [0.5, 0.6) is 0 Å². The largest absolute Gasteiger partial charge is 0.469 e. The number of nitrogens with one attached hydrogen (secondary N) is 1. The number of nitrogens with zero attached hydrogens (tertiary/aromatic N) is 1. The van der Waals surface area contributed by atoms with Gasteiger partial charge in [-0.15, -0.1) is 0 Å². The maximum atomic E-state index is 13.5. The Balaban J connectivity index is 1.45. The second-order valence-corrected chi connectivity index (χ2v) is 13.3. The number of carbonyl (C=O) groups is 2. The van der Waals surface area contributed by atoms with Gasteiger partial charge in [0.2, 0.25) is 0 Å². The lowest BCUT2D eigenvalue weighted by atomic mass is 9.38. The van der Waals surface area contributed by atoms with Crippen molar-refractivity contribution in [3.05, 3.63) is 46.1 Å². The molecule has 1 aliphatic heterocycles. The van der Waals surface area contributed by atoms with Crippen molar-refractivity contribution in [3.8, 4) is 0 Å². The summed E-state index contributed by atoms with van der Waals surface area (Å²) >= 11 is 6.87. The number of esters is 1. The molecule has 4 atom stereocenters. The number of benzene rings is 1. The van der Waals surface area contributed by atoms with E-state index in [1.807, 2.05) is 4.90 Å². The van der Waals surface area contributed by atoms with E-state index < -0.39 is 11.0 Å². The fraction of sp³-hybridized carbons (Fsp3) is 0.655. The molecule has 2 amide bonds. The molecule has 0 aromatic heterocycles. The maximum absolute atomic E-state index is 13.5. The van der Waals surface area contributed by atoms with Crippen LogP contribution >= 0.6 is 11.6 Å². The molecule has 1 aromatic carbocycles. The highest BCUT2D eigenvalue weighted by atomic mass is 35.5. The minimum atomic E-state index is -0.637. The van der Waals surface area contributed by atoms with Gasteiger partial charge in [-0.25, -0.2) is 4.79 Å². The van der Waals surface area contributed by atoms with Crippen molar-refractivity contribution in [1.82, 2.24) is 10.2 Å². The zero-order chi connectivity index (χ0) is 25.6. The van der Waals surface area contributed by atoms with Crippen molar-refractivity contribution in [3.63, 3.8) is 0 Å². The normalized spacial score (nSPS) is 36.4. The summed E-state index contributed by atoms with van der Waals surface area (Å²) in [6, 6.07) is 6.29. The van der Waals surface area contributed by atoms with Crippen LogP contribution in [0.2, 0.25) is 5.02 Å². The minimum Gasteiger partial charge on any atom is -0.469 e. The van der Waals surface area contributed by atoms with E-state index in [0.29, 0.717) is 31.1 Å². The first-order valence-electron chi connectivity index (χ1n) is 13.0. The number of methoxy groups -OCH3 is 1. The summed E-state index contributed by atoms with van der Waals surface area (Å²) in [4.78, 5) is 27.5. The van der Waals surface area contributed by atoms with Crippen molar-refractivity contribution in [2.24, 2.45) is 22.7 Å². The van der Waals surface area contributed by atoms with Gasteiger partial charge < -0.3 is 10.1 Å². The Labute approximate surface area is 214 Å². The predicted octanol–water partition coefficient (Wildman–Crippen LogP) is 6.76. The van der Waals surface area contributed by atoms with Crippen LogP contribution in [-0.4, -0.2) is 29.5 Å². The zero-order valence-corrected chi connectivity index (χ0v) is 22.9. The summed E-state index contributed by atoms with van der Waals surface area (Å²) in [5.74, 6) is 1.29. The number of hydrogen-bond acceptors (Lipinski definition) is 3. The van der Waals surface area contributed by atoms with E-state index >= 15 is 0 Å². The van der Waals surface area contributed by atoms with Crippen molar-refractivity contribution in [1.29, 1.82) is 0 Å². The molecule has 1 aromatic rings. The molecule has 4 fully saturated rings. The Bertz CT molecular complexity index is 1100. The molecule has 190 valence electrons. The van der Waals surface area contributed by atoms with Gasteiger partial charge in [0, 0.05) is 11.2 Å². The van der Waals surface area contributed by atoms with Gasteiger partial charge in [0.15, 0.2) is 0 Å². The minimum absolute atomic E-state index is 0.104. The Morgan fingerprint density at radius 1 is 1.29 bits per heavy atom. The third-order valence-electron chi connectivity index (χ3n) is 9.58. The van der Waals surface area contributed by atoms with Crippen LogP contribution in [0.4, 0.5) is 4.79 Å². The lowest BCUT2D eigenvalue weighted by molar-refractivity contribution is -0.218. The number of hydrogen-bond donors (Lipinski definition) is 1. The van der Waals surface area contributed by atoms with Crippen LogP contribution in [0.1, 0.15) is 90.7 Å². The molecular weight excluding hydrogens is 460 g/mol. The van der Waals surface area contributed by atoms with Crippen molar-refractivity contribution < 1.29 is 14.3 Å².